The number of anilines is 1. The Balaban J connectivity index is 1.54. The summed E-state index contributed by atoms with van der Waals surface area (Å²) in [4.78, 5) is 30.6. The van der Waals surface area contributed by atoms with Crippen molar-refractivity contribution in [1.29, 1.82) is 0 Å². The van der Waals surface area contributed by atoms with Crippen LogP contribution in [0.25, 0.3) is 0 Å². The van der Waals surface area contributed by atoms with Crippen molar-refractivity contribution in [1.82, 2.24) is 4.90 Å². The average molecular weight is 399 g/mol. The van der Waals surface area contributed by atoms with Gasteiger partial charge in [-0.25, -0.2) is 4.99 Å². The van der Waals surface area contributed by atoms with E-state index in [0.717, 1.165) is 0 Å². The summed E-state index contributed by atoms with van der Waals surface area (Å²) in [6, 6.07) is 5.15. The standard InChI is InChI=1S/C20H21N3O4S/c1-26-16-10-9-13(12-17(16)27-2)21-18(24)8-5-11-23-19(25)14-6-3-4-7-15(14)22-20(23)28/h3-4,6-7,9-10,12,14H,5,8,11H2,1-2H3,(H,21,24). The van der Waals surface area contributed by atoms with Crippen LogP contribution in [-0.4, -0.2) is 48.3 Å². The molecule has 1 atom stereocenters. The first-order valence-electron chi connectivity index (χ1n) is 8.84. The lowest BCUT2D eigenvalue weighted by Gasteiger charge is -2.30. The number of amides is 2. The molecule has 8 heteroatoms. The molecule has 1 heterocycles. The maximum absolute atomic E-state index is 12.6. The van der Waals surface area contributed by atoms with Crippen LogP contribution in [0.15, 0.2) is 47.5 Å². The molecule has 0 bridgehead atoms. The molecule has 7 nitrogen and oxygen atoms in total. The zero-order valence-corrected chi connectivity index (χ0v) is 16.5. The summed E-state index contributed by atoms with van der Waals surface area (Å²) < 4.78 is 10.4. The number of carbonyl (C=O) groups is 2. The molecular formula is C20H21N3O4S. The van der Waals surface area contributed by atoms with Gasteiger partial charge in [0.25, 0.3) is 0 Å². The first-order chi connectivity index (χ1) is 13.5. The SMILES string of the molecule is COc1ccc(NC(=O)CCCN2C(=O)C3C=CC=CC3=NC2=S)cc1OC. The normalized spacial score (nSPS) is 17.9. The molecule has 1 aromatic carbocycles. The van der Waals surface area contributed by atoms with Gasteiger partial charge in [-0.15, -0.1) is 0 Å². The third-order valence-corrected chi connectivity index (χ3v) is 4.75. The van der Waals surface area contributed by atoms with Crippen molar-refractivity contribution in [3.05, 3.63) is 42.5 Å². The molecule has 1 aromatic rings. The van der Waals surface area contributed by atoms with Gasteiger partial charge in [-0.05, 0) is 36.8 Å². The van der Waals surface area contributed by atoms with E-state index in [0.29, 0.717) is 35.9 Å². The van der Waals surface area contributed by atoms with Gasteiger partial charge in [0.05, 0.1) is 25.8 Å². The molecule has 0 radical (unpaired) electrons. The van der Waals surface area contributed by atoms with Crippen molar-refractivity contribution in [3.63, 3.8) is 0 Å². The smallest absolute Gasteiger partial charge is 0.241 e. The van der Waals surface area contributed by atoms with Crippen molar-refractivity contribution in [2.24, 2.45) is 10.9 Å². The van der Waals surface area contributed by atoms with E-state index in [-0.39, 0.29) is 23.3 Å². The fourth-order valence-corrected chi connectivity index (χ4v) is 3.31. The van der Waals surface area contributed by atoms with E-state index in [2.05, 4.69) is 10.3 Å². The van der Waals surface area contributed by atoms with Crippen LogP contribution in [0.3, 0.4) is 0 Å². The topological polar surface area (TPSA) is 80.2 Å². The fourth-order valence-electron chi connectivity index (χ4n) is 3.02. The van der Waals surface area contributed by atoms with Gasteiger partial charge in [-0.3, -0.25) is 14.5 Å². The minimum absolute atomic E-state index is 0.101. The van der Waals surface area contributed by atoms with E-state index in [4.69, 9.17) is 21.7 Å². The monoisotopic (exact) mass is 399 g/mol. The predicted molar refractivity (Wildman–Crippen MR) is 111 cm³/mol. The van der Waals surface area contributed by atoms with Crippen LogP contribution in [0.2, 0.25) is 0 Å². The molecular weight excluding hydrogens is 378 g/mol. The average Bonchev–Trinajstić information content (AvgIpc) is 2.70. The van der Waals surface area contributed by atoms with Crippen LogP contribution in [0.4, 0.5) is 5.69 Å². The lowest BCUT2D eigenvalue weighted by atomic mass is 9.95. The number of hydrogen-bond acceptors (Lipinski definition) is 5. The van der Waals surface area contributed by atoms with Gasteiger partial charge >= 0.3 is 0 Å². The number of methoxy groups -OCH3 is 2. The number of rotatable bonds is 7. The number of allylic oxidation sites excluding steroid dienone is 3. The van der Waals surface area contributed by atoms with E-state index < -0.39 is 5.92 Å². The Hall–Kier alpha value is -3.00. The largest absolute Gasteiger partial charge is 0.493 e. The number of benzene rings is 1. The first kappa shape index (κ1) is 19.8. The van der Waals surface area contributed by atoms with E-state index in [1.54, 1.807) is 37.5 Å². The maximum atomic E-state index is 12.6. The number of nitrogens with zero attached hydrogens (tertiary/aromatic N) is 2. The van der Waals surface area contributed by atoms with Crippen molar-refractivity contribution >= 4 is 40.5 Å². The lowest BCUT2D eigenvalue weighted by molar-refractivity contribution is -0.128. The summed E-state index contributed by atoms with van der Waals surface area (Å²) >= 11 is 5.24. The maximum Gasteiger partial charge on any atom is 0.241 e. The number of fused-ring (bicyclic) bond motifs is 1. The highest BCUT2D eigenvalue weighted by Gasteiger charge is 2.33. The number of thiocarbonyl (C=S) groups is 1. The number of ether oxygens (including phenoxy) is 2. The van der Waals surface area contributed by atoms with Crippen LogP contribution >= 0.6 is 12.2 Å². The second kappa shape index (κ2) is 8.79. The van der Waals surface area contributed by atoms with E-state index in [1.165, 1.54) is 12.0 Å². The molecule has 1 unspecified atom stereocenters. The van der Waals surface area contributed by atoms with Gasteiger partial charge in [-0.2, -0.15) is 0 Å². The Morgan fingerprint density at radius 2 is 2.04 bits per heavy atom. The predicted octanol–water partition coefficient (Wildman–Crippen LogP) is 2.73. The quantitative estimate of drug-likeness (QED) is 0.713. The highest BCUT2D eigenvalue weighted by Crippen LogP contribution is 2.29. The molecule has 1 aliphatic heterocycles. The first-order valence-corrected chi connectivity index (χ1v) is 9.25. The molecule has 3 rings (SSSR count). The van der Waals surface area contributed by atoms with Crippen LogP contribution in [0.5, 0.6) is 11.5 Å². The zero-order valence-electron chi connectivity index (χ0n) is 15.7. The van der Waals surface area contributed by atoms with Crippen molar-refractivity contribution < 1.29 is 19.1 Å². The molecule has 0 aromatic heterocycles. The Morgan fingerprint density at radius 3 is 2.79 bits per heavy atom. The van der Waals surface area contributed by atoms with E-state index in [1.807, 2.05) is 12.2 Å². The zero-order chi connectivity index (χ0) is 20.1. The minimum Gasteiger partial charge on any atom is -0.493 e. The van der Waals surface area contributed by atoms with Crippen LogP contribution in [0.1, 0.15) is 12.8 Å². The van der Waals surface area contributed by atoms with Crippen LogP contribution in [0, 0.1) is 5.92 Å². The molecule has 146 valence electrons. The van der Waals surface area contributed by atoms with Gasteiger partial charge < -0.3 is 14.8 Å². The Bertz CT molecular complexity index is 891. The second-order valence-corrected chi connectivity index (χ2v) is 6.62. The highest BCUT2D eigenvalue weighted by atomic mass is 32.1. The van der Waals surface area contributed by atoms with Gasteiger partial charge in [0.2, 0.25) is 16.9 Å². The number of carbonyl (C=O) groups excluding carboxylic acids is 2. The van der Waals surface area contributed by atoms with E-state index >= 15 is 0 Å². The summed E-state index contributed by atoms with van der Waals surface area (Å²) in [6.07, 6.45) is 7.98. The summed E-state index contributed by atoms with van der Waals surface area (Å²) in [5.41, 5.74) is 1.28. The van der Waals surface area contributed by atoms with Crippen LogP contribution in [-0.2, 0) is 9.59 Å². The highest BCUT2D eigenvalue weighted by molar-refractivity contribution is 7.80. The van der Waals surface area contributed by atoms with Gasteiger partial charge in [0.15, 0.2) is 11.5 Å². The molecule has 2 aliphatic rings. The van der Waals surface area contributed by atoms with Gasteiger partial charge in [0.1, 0.15) is 0 Å². The molecule has 0 fully saturated rings. The van der Waals surface area contributed by atoms with E-state index in [9.17, 15) is 9.59 Å². The molecule has 2 amide bonds. The molecule has 0 saturated carbocycles. The Morgan fingerprint density at radius 1 is 1.25 bits per heavy atom. The van der Waals surface area contributed by atoms with Gasteiger partial charge in [-0.1, -0.05) is 18.2 Å². The number of hydrogen-bond donors (Lipinski definition) is 1. The molecule has 0 spiro atoms. The fraction of sp³-hybridized carbons (Fsp3) is 0.300. The minimum atomic E-state index is -0.391. The second-order valence-electron chi connectivity index (χ2n) is 6.25. The summed E-state index contributed by atoms with van der Waals surface area (Å²) in [7, 11) is 3.09. The van der Waals surface area contributed by atoms with Crippen molar-refractivity contribution in [2.45, 2.75) is 12.8 Å². The van der Waals surface area contributed by atoms with Crippen LogP contribution < -0.4 is 14.8 Å². The molecule has 0 saturated heterocycles. The molecule has 1 N–H and O–H groups in total. The van der Waals surface area contributed by atoms with Crippen molar-refractivity contribution in [3.8, 4) is 11.5 Å². The molecule has 1 aliphatic carbocycles. The lowest BCUT2D eigenvalue weighted by Crippen LogP contribution is -2.46. The Labute approximate surface area is 168 Å². The van der Waals surface area contributed by atoms with Crippen molar-refractivity contribution in [2.75, 3.05) is 26.1 Å². The summed E-state index contributed by atoms with van der Waals surface area (Å²) in [5, 5.41) is 3.06. The third kappa shape index (κ3) is 4.28. The molecule has 28 heavy (non-hydrogen) atoms. The summed E-state index contributed by atoms with van der Waals surface area (Å²) in [5.74, 6) is 0.470. The Kier molecular flexibility index (Phi) is 6.20. The number of nitrogens with one attached hydrogen (secondary N) is 1. The summed E-state index contributed by atoms with van der Waals surface area (Å²) in [6.45, 7) is 0.349. The number of aliphatic imine (C=N–C) groups is 1. The third-order valence-electron chi connectivity index (χ3n) is 4.44. The van der Waals surface area contributed by atoms with Gasteiger partial charge in [0, 0.05) is 24.7 Å².